The third kappa shape index (κ3) is 2.63. The highest BCUT2D eigenvalue weighted by Crippen LogP contribution is 2.25. The van der Waals surface area contributed by atoms with Gasteiger partial charge in [-0.25, -0.2) is 4.98 Å². The molecule has 0 aliphatic carbocycles. The molecular formula is C10H9F3N2S. The van der Waals surface area contributed by atoms with Gasteiger partial charge < -0.3 is 4.57 Å². The topological polar surface area (TPSA) is 17.8 Å². The lowest BCUT2D eigenvalue weighted by molar-refractivity contribution is -0.136. The first-order valence-electron chi connectivity index (χ1n) is 4.68. The molecule has 0 saturated heterocycles. The van der Waals surface area contributed by atoms with Gasteiger partial charge in [0.2, 0.25) is 0 Å². The number of thiophene rings is 1. The number of hydrogen-bond donors (Lipinski definition) is 0. The SMILES string of the molecule is FC(F)(F)CCn1ccnc1-c1cccs1. The molecule has 0 spiro atoms. The van der Waals surface area contributed by atoms with Crippen molar-refractivity contribution >= 4 is 11.3 Å². The van der Waals surface area contributed by atoms with Crippen LogP contribution in [0.2, 0.25) is 0 Å². The normalized spacial score (nSPS) is 11.9. The summed E-state index contributed by atoms with van der Waals surface area (Å²) in [4.78, 5) is 4.95. The van der Waals surface area contributed by atoms with E-state index in [2.05, 4.69) is 4.98 Å². The summed E-state index contributed by atoms with van der Waals surface area (Å²) in [6.45, 7) is -0.0866. The van der Waals surface area contributed by atoms with Crippen LogP contribution in [0.1, 0.15) is 6.42 Å². The maximum Gasteiger partial charge on any atom is 0.390 e. The average molecular weight is 246 g/mol. The molecule has 0 aliphatic heterocycles. The van der Waals surface area contributed by atoms with Gasteiger partial charge >= 0.3 is 6.18 Å². The molecule has 0 N–H and O–H groups in total. The fourth-order valence-corrected chi connectivity index (χ4v) is 2.10. The Labute approximate surface area is 94.4 Å². The highest BCUT2D eigenvalue weighted by molar-refractivity contribution is 7.13. The maximum atomic E-state index is 12.1. The van der Waals surface area contributed by atoms with Gasteiger partial charge in [-0.3, -0.25) is 0 Å². The van der Waals surface area contributed by atoms with Crippen molar-refractivity contribution in [1.82, 2.24) is 9.55 Å². The fraction of sp³-hybridized carbons (Fsp3) is 0.300. The zero-order valence-corrected chi connectivity index (χ0v) is 9.05. The molecule has 0 bridgehead atoms. The third-order valence-electron chi connectivity index (χ3n) is 2.09. The quantitative estimate of drug-likeness (QED) is 0.809. The summed E-state index contributed by atoms with van der Waals surface area (Å²) >= 11 is 1.46. The van der Waals surface area contributed by atoms with Gasteiger partial charge in [0.1, 0.15) is 5.82 Å². The highest BCUT2D eigenvalue weighted by atomic mass is 32.1. The number of aromatic nitrogens is 2. The number of rotatable bonds is 3. The second kappa shape index (κ2) is 4.29. The summed E-state index contributed by atoms with van der Waals surface area (Å²) in [5.41, 5.74) is 0. The molecule has 0 radical (unpaired) electrons. The van der Waals surface area contributed by atoms with Crippen LogP contribution in [-0.2, 0) is 6.54 Å². The molecule has 86 valence electrons. The predicted molar refractivity (Wildman–Crippen MR) is 56.2 cm³/mol. The van der Waals surface area contributed by atoms with E-state index in [1.54, 1.807) is 6.20 Å². The molecule has 0 aromatic carbocycles. The van der Waals surface area contributed by atoms with Gasteiger partial charge in [-0.05, 0) is 11.4 Å². The molecule has 0 atom stereocenters. The van der Waals surface area contributed by atoms with Crippen molar-refractivity contribution in [2.75, 3.05) is 0 Å². The second-order valence-corrected chi connectivity index (χ2v) is 4.23. The van der Waals surface area contributed by atoms with E-state index in [0.29, 0.717) is 5.82 Å². The average Bonchev–Trinajstić information content (AvgIpc) is 2.84. The third-order valence-corrected chi connectivity index (χ3v) is 2.96. The molecule has 6 heteroatoms. The zero-order valence-electron chi connectivity index (χ0n) is 8.24. The van der Waals surface area contributed by atoms with Crippen LogP contribution in [0.4, 0.5) is 13.2 Å². The van der Waals surface area contributed by atoms with Crippen molar-refractivity contribution in [3.05, 3.63) is 29.9 Å². The van der Waals surface area contributed by atoms with Crippen LogP contribution >= 0.6 is 11.3 Å². The molecule has 16 heavy (non-hydrogen) atoms. The van der Waals surface area contributed by atoms with Crippen molar-refractivity contribution in [3.63, 3.8) is 0 Å². The number of alkyl halides is 3. The Morgan fingerprint density at radius 2 is 2.19 bits per heavy atom. The predicted octanol–water partition coefficient (Wildman–Crippen LogP) is 3.56. The molecule has 0 amide bonds. The molecule has 2 heterocycles. The Morgan fingerprint density at radius 3 is 2.81 bits per heavy atom. The molecule has 2 aromatic rings. The minimum atomic E-state index is -4.13. The molecule has 0 aliphatic rings. The number of aryl methyl sites for hydroxylation is 1. The monoisotopic (exact) mass is 246 g/mol. The highest BCUT2D eigenvalue weighted by Gasteiger charge is 2.27. The number of imidazole rings is 1. The first kappa shape index (κ1) is 11.2. The molecule has 0 saturated carbocycles. The van der Waals surface area contributed by atoms with Gasteiger partial charge in [-0.1, -0.05) is 6.07 Å². The number of nitrogens with zero attached hydrogens (tertiary/aromatic N) is 2. The first-order chi connectivity index (χ1) is 7.56. The minimum Gasteiger partial charge on any atom is -0.330 e. The Kier molecular flexibility index (Phi) is 3.00. The Morgan fingerprint density at radius 1 is 1.38 bits per heavy atom. The first-order valence-corrected chi connectivity index (χ1v) is 5.56. The Bertz CT molecular complexity index is 445. The molecular weight excluding hydrogens is 237 g/mol. The van der Waals surface area contributed by atoms with Crippen LogP contribution in [0.5, 0.6) is 0 Å². The summed E-state index contributed by atoms with van der Waals surface area (Å²) in [6.07, 6.45) is -1.87. The number of hydrogen-bond acceptors (Lipinski definition) is 2. The van der Waals surface area contributed by atoms with E-state index in [4.69, 9.17) is 0 Å². The van der Waals surface area contributed by atoms with Crippen molar-refractivity contribution < 1.29 is 13.2 Å². The zero-order chi connectivity index (χ0) is 11.6. The fourth-order valence-electron chi connectivity index (χ4n) is 1.37. The van der Waals surface area contributed by atoms with Crippen LogP contribution in [0.3, 0.4) is 0 Å². The Balaban J connectivity index is 2.14. The summed E-state index contributed by atoms with van der Waals surface area (Å²) in [7, 11) is 0. The smallest absolute Gasteiger partial charge is 0.330 e. The van der Waals surface area contributed by atoms with E-state index in [-0.39, 0.29) is 6.54 Å². The number of halogens is 3. The van der Waals surface area contributed by atoms with Crippen LogP contribution in [0.15, 0.2) is 29.9 Å². The van der Waals surface area contributed by atoms with E-state index in [9.17, 15) is 13.2 Å². The largest absolute Gasteiger partial charge is 0.390 e. The minimum absolute atomic E-state index is 0.0866. The molecule has 2 aromatic heterocycles. The lowest BCUT2D eigenvalue weighted by Gasteiger charge is -2.08. The van der Waals surface area contributed by atoms with E-state index >= 15 is 0 Å². The molecule has 0 unspecified atom stereocenters. The van der Waals surface area contributed by atoms with Crippen LogP contribution < -0.4 is 0 Å². The second-order valence-electron chi connectivity index (χ2n) is 3.29. The Hall–Kier alpha value is -1.30. The van der Waals surface area contributed by atoms with E-state index in [1.807, 2.05) is 17.5 Å². The molecule has 2 nitrogen and oxygen atoms in total. The summed E-state index contributed by atoms with van der Waals surface area (Å²) in [5, 5.41) is 1.87. The summed E-state index contributed by atoms with van der Waals surface area (Å²) in [6, 6.07) is 3.69. The van der Waals surface area contributed by atoms with Gasteiger partial charge in [-0.2, -0.15) is 13.2 Å². The molecule has 0 fully saturated rings. The van der Waals surface area contributed by atoms with Gasteiger partial charge in [0, 0.05) is 18.9 Å². The van der Waals surface area contributed by atoms with Crippen molar-refractivity contribution in [1.29, 1.82) is 0 Å². The van der Waals surface area contributed by atoms with Crippen molar-refractivity contribution in [2.45, 2.75) is 19.1 Å². The lowest BCUT2D eigenvalue weighted by Crippen LogP contribution is -2.12. The lowest BCUT2D eigenvalue weighted by atomic mass is 10.4. The van der Waals surface area contributed by atoms with E-state index in [0.717, 1.165) is 4.88 Å². The van der Waals surface area contributed by atoms with Crippen molar-refractivity contribution in [2.24, 2.45) is 0 Å². The van der Waals surface area contributed by atoms with Gasteiger partial charge in [-0.15, -0.1) is 11.3 Å². The van der Waals surface area contributed by atoms with Gasteiger partial charge in [0.25, 0.3) is 0 Å². The van der Waals surface area contributed by atoms with Crippen molar-refractivity contribution in [3.8, 4) is 10.7 Å². The van der Waals surface area contributed by atoms with Crippen LogP contribution in [0, 0.1) is 0 Å². The van der Waals surface area contributed by atoms with Gasteiger partial charge in [0.15, 0.2) is 0 Å². The summed E-state index contributed by atoms with van der Waals surface area (Å²) < 4.78 is 37.8. The van der Waals surface area contributed by atoms with E-state index < -0.39 is 12.6 Å². The van der Waals surface area contributed by atoms with E-state index in [1.165, 1.54) is 22.1 Å². The van der Waals surface area contributed by atoms with Crippen LogP contribution in [0.25, 0.3) is 10.7 Å². The standard InChI is InChI=1S/C10H9F3N2S/c11-10(12,13)3-5-15-6-4-14-9(15)8-2-1-7-16-8/h1-2,4,6-7H,3,5H2. The summed E-state index contributed by atoms with van der Waals surface area (Å²) in [5.74, 6) is 0.597. The maximum absolute atomic E-state index is 12.1. The van der Waals surface area contributed by atoms with Gasteiger partial charge in [0.05, 0.1) is 11.3 Å². The molecule has 2 rings (SSSR count). The van der Waals surface area contributed by atoms with Crippen LogP contribution in [-0.4, -0.2) is 15.7 Å².